The first-order valence-corrected chi connectivity index (χ1v) is 8.22. The van der Waals surface area contributed by atoms with Gasteiger partial charge >= 0.3 is 6.59 Å². The first kappa shape index (κ1) is 11.1. The molecule has 0 aliphatic heterocycles. The van der Waals surface area contributed by atoms with E-state index in [4.69, 9.17) is 19.1 Å². The summed E-state index contributed by atoms with van der Waals surface area (Å²) >= 11 is 0. The number of rotatable bonds is 7. The van der Waals surface area contributed by atoms with Crippen LogP contribution in [0.3, 0.4) is 0 Å². The Balaban J connectivity index is 1.91. The summed E-state index contributed by atoms with van der Waals surface area (Å²) in [6.07, 6.45) is 1.13. The van der Waals surface area contributed by atoms with Gasteiger partial charge in [0, 0.05) is 18.3 Å². The molecule has 2 aromatic heterocycles. The zero-order chi connectivity index (χ0) is 24.6. The third-order valence-electron chi connectivity index (χ3n) is 3.26. The van der Waals surface area contributed by atoms with Crippen LogP contribution in [-0.2, 0) is 16.6 Å². The molecular formula is C16H15F2N3O4S. The van der Waals surface area contributed by atoms with Gasteiger partial charge in [0.25, 0.3) is 0 Å². The average molecular weight is 390 g/mol. The minimum atomic E-state index is -4.15. The highest BCUT2D eigenvalue weighted by molar-refractivity contribution is 7.84. The number of H-pyrrole nitrogens is 1. The van der Waals surface area contributed by atoms with Crippen LogP contribution in [0.1, 0.15) is 15.3 Å². The molecule has 1 aromatic carbocycles. The summed E-state index contributed by atoms with van der Waals surface area (Å²) in [6.45, 7) is -4.15. The Bertz CT molecular complexity index is 1180. The van der Waals surface area contributed by atoms with Crippen LogP contribution < -0.4 is 14.2 Å². The van der Waals surface area contributed by atoms with Crippen LogP contribution >= 0.6 is 0 Å². The van der Waals surface area contributed by atoms with Crippen molar-refractivity contribution >= 4 is 21.8 Å². The Labute approximate surface area is 159 Å². The molecule has 26 heavy (non-hydrogen) atoms. The lowest BCUT2D eigenvalue weighted by atomic mass is 10.3. The third kappa shape index (κ3) is 3.74. The number of benzene rings is 1. The van der Waals surface area contributed by atoms with E-state index in [1.165, 1.54) is 6.07 Å². The standard InChI is InChI=1S/C16H15F2N3O4S/c1-23-13-5-6-19-12(14(13)24-2)8-26(22)16-20-10-4-3-9(25-15(17)18)7-11(10)21-16/h3-7,15H,8H2,1-2H3,(H,20,21)/i1D3,2D3,15D. The van der Waals surface area contributed by atoms with E-state index in [0.29, 0.717) is 0 Å². The number of ether oxygens (including phenoxy) is 3. The van der Waals surface area contributed by atoms with E-state index >= 15 is 0 Å². The zero-order valence-corrected chi connectivity index (χ0v) is 13.6. The fraction of sp³-hybridized carbons (Fsp3) is 0.250. The number of hydrogen-bond acceptors (Lipinski definition) is 6. The molecule has 1 atom stereocenters. The maximum atomic E-state index is 12.9. The topological polar surface area (TPSA) is 86.3 Å². The SMILES string of the molecule is [2H]C([2H])([2H])Oc1ccnc(CS(=O)c2nc3ccc(OC([2H])(F)F)cc3[nH]2)c1OC([2H])([2H])[2H]. The fourth-order valence-corrected chi connectivity index (χ4v) is 3.20. The second-order valence-electron chi connectivity index (χ2n) is 4.83. The van der Waals surface area contributed by atoms with E-state index in [1.54, 1.807) is 0 Å². The Morgan fingerprint density at radius 2 is 2.19 bits per heavy atom. The number of nitrogens with one attached hydrogen (secondary N) is 1. The lowest BCUT2D eigenvalue weighted by molar-refractivity contribution is -0.0497. The predicted octanol–water partition coefficient (Wildman–Crippen LogP) is 2.88. The van der Waals surface area contributed by atoms with Gasteiger partial charge in [0.05, 0.1) is 55.6 Å². The highest BCUT2D eigenvalue weighted by Crippen LogP contribution is 2.30. The monoisotopic (exact) mass is 390 g/mol. The number of methoxy groups -OCH3 is 2. The van der Waals surface area contributed by atoms with Crippen molar-refractivity contribution in [1.29, 1.82) is 0 Å². The molecule has 0 saturated heterocycles. The number of alkyl halides is 2. The molecule has 2 heterocycles. The van der Waals surface area contributed by atoms with Crippen LogP contribution in [0, 0.1) is 0 Å². The van der Waals surface area contributed by atoms with Gasteiger partial charge in [0.15, 0.2) is 18.0 Å². The molecule has 10 heteroatoms. The van der Waals surface area contributed by atoms with Crippen LogP contribution in [0.5, 0.6) is 17.2 Å². The largest absolute Gasteiger partial charge is 0.493 e. The molecule has 0 bridgehead atoms. The first-order chi connectivity index (χ1) is 15.1. The van der Waals surface area contributed by atoms with Crippen molar-refractivity contribution in [2.45, 2.75) is 17.5 Å². The normalized spacial score (nSPS) is 17.7. The average Bonchev–Trinajstić information content (AvgIpc) is 3.04. The fourth-order valence-electron chi connectivity index (χ4n) is 2.18. The molecule has 0 aliphatic carbocycles. The van der Waals surface area contributed by atoms with Crippen LogP contribution in [-0.4, -0.2) is 39.8 Å². The molecule has 0 amide bonds. The van der Waals surface area contributed by atoms with Crippen LogP contribution in [0.2, 0.25) is 0 Å². The highest BCUT2D eigenvalue weighted by atomic mass is 32.2. The van der Waals surface area contributed by atoms with E-state index in [1.807, 2.05) is 0 Å². The minimum Gasteiger partial charge on any atom is -0.493 e. The molecule has 0 radical (unpaired) electrons. The minimum absolute atomic E-state index is 0.108. The summed E-state index contributed by atoms with van der Waals surface area (Å²) in [5, 5.41) is -0.108. The van der Waals surface area contributed by atoms with Crippen molar-refractivity contribution in [3.8, 4) is 17.2 Å². The van der Waals surface area contributed by atoms with E-state index < -0.39 is 48.7 Å². The number of halogens is 2. The zero-order valence-electron chi connectivity index (χ0n) is 19.8. The van der Waals surface area contributed by atoms with Gasteiger partial charge in [-0.2, -0.15) is 8.78 Å². The number of aromatic amines is 1. The molecule has 0 saturated carbocycles. The van der Waals surface area contributed by atoms with Crippen LogP contribution in [0.25, 0.3) is 11.0 Å². The van der Waals surface area contributed by atoms with E-state index in [9.17, 15) is 13.0 Å². The molecule has 0 aliphatic rings. The van der Waals surface area contributed by atoms with Crippen molar-refractivity contribution in [1.82, 2.24) is 15.0 Å². The number of imidazole rings is 1. The van der Waals surface area contributed by atoms with Gasteiger partial charge in [-0.1, -0.05) is 0 Å². The van der Waals surface area contributed by atoms with E-state index in [0.717, 1.165) is 24.4 Å². The van der Waals surface area contributed by atoms with Crippen molar-refractivity contribution in [2.75, 3.05) is 14.1 Å². The van der Waals surface area contributed by atoms with E-state index in [-0.39, 0.29) is 27.6 Å². The Hall–Kier alpha value is -2.75. The van der Waals surface area contributed by atoms with Crippen molar-refractivity contribution in [2.24, 2.45) is 0 Å². The third-order valence-corrected chi connectivity index (χ3v) is 4.42. The summed E-state index contributed by atoms with van der Waals surface area (Å²) in [5.41, 5.74) is 0.265. The molecule has 0 spiro atoms. The van der Waals surface area contributed by atoms with Gasteiger partial charge < -0.3 is 19.2 Å². The summed E-state index contributed by atoms with van der Waals surface area (Å²) in [6, 6.07) is 4.68. The molecule has 138 valence electrons. The smallest absolute Gasteiger partial charge is 0.387 e. The summed E-state index contributed by atoms with van der Waals surface area (Å²) in [5.74, 6) is -1.73. The quantitative estimate of drug-likeness (QED) is 0.668. The molecular weight excluding hydrogens is 368 g/mol. The number of pyridine rings is 1. The first-order valence-electron chi connectivity index (χ1n) is 10.4. The second-order valence-corrected chi connectivity index (χ2v) is 6.19. The number of nitrogens with zero attached hydrogens (tertiary/aromatic N) is 2. The number of aromatic nitrogens is 3. The van der Waals surface area contributed by atoms with Crippen LogP contribution in [0.4, 0.5) is 8.78 Å². The molecule has 1 N–H and O–H groups in total. The lowest BCUT2D eigenvalue weighted by Gasteiger charge is -2.10. The molecule has 1 unspecified atom stereocenters. The van der Waals surface area contributed by atoms with Crippen molar-refractivity contribution in [3.05, 3.63) is 36.2 Å². The maximum absolute atomic E-state index is 12.9. The highest BCUT2D eigenvalue weighted by Gasteiger charge is 2.17. The molecule has 3 rings (SSSR count). The molecule has 7 nitrogen and oxygen atoms in total. The predicted molar refractivity (Wildman–Crippen MR) is 90.2 cm³/mol. The summed E-state index contributed by atoms with van der Waals surface area (Å²) in [4.78, 5) is 10.7. The van der Waals surface area contributed by atoms with Gasteiger partial charge in [0.2, 0.25) is 0 Å². The van der Waals surface area contributed by atoms with E-state index in [2.05, 4.69) is 19.7 Å². The van der Waals surface area contributed by atoms with Crippen molar-refractivity contribution in [3.63, 3.8) is 0 Å². The van der Waals surface area contributed by atoms with Gasteiger partial charge in [0.1, 0.15) is 5.75 Å². The number of fused-ring (bicyclic) bond motifs is 1. The Morgan fingerprint density at radius 3 is 2.96 bits per heavy atom. The Kier molecular flexibility index (Phi) is 3.25. The van der Waals surface area contributed by atoms with Gasteiger partial charge in [-0.15, -0.1) is 0 Å². The lowest BCUT2D eigenvalue weighted by Crippen LogP contribution is -2.04. The van der Waals surface area contributed by atoms with Gasteiger partial charge in [-0.05, 0) is 12.1 Å². The van der Waals surface area contributed by atoms with Gasteiger partial charge in [-0.25, -0.2) is 4.98 Å². The Morgan fingerprint density at radius 1 is 1.35 bits per heavy atom. The van der Waals surface area contributed by atoms with Crippen molar-refractivity contribution < 1.29 is 36.8 Å². The van der Waals surface area contributed by atoms with Gasteiger partial charge in [-0.3, -0.25) is 9.19 Å². The molecule has 0 fully saturated rings. The summed E-state index contributed by atoms with van der Waals surface area (Å²) in [7, 11) is -7.88. The maximum Gasteiger partial charge on any atom is 0.387 e. The van der Waals surface area contributed by atoms with Crippen LogP contribution in [0.15, 0.2) is 35.6 Å². The molecule has 3 aromatic rings. The summed E-state index contributed by atoms with van der Waals surface area (Å²) < 4.78 is 102. The number of hydrogen-bond donors (Lipinski definition) is 1. The second kappa shape index (κ2) is 7.65.